The number of phenols is 2. The summed E-state index contributed by atoms with van der Waals surface area (Å²) >= 11 is 0. The Morgan fingerprint density at radius 2 is 1.77 bits per heavy atom. The van der Waals surface area contributed by atoms with Crippen LogP contribution in [0.3, 0.4) is 0 Å². The Morgan fingerprint density at radius 1 is 1.05 bits per heavy atom. The molecule has 0 saturated carbocycles. The van der Waals surface area contributed by atoms with Gasteiger partial charge in [0, 0.05) is 0 Å². The fourth-order valence-corrected chi connectivity index (χ4v) is 2.96. The Hall–Kier alpha value is -2.54. The standard InChI is InChI=1S/C15H16N2O4S/c1-10-3-6-15(11(2)7-10)22(20,21)17-16-9-12-4-5-13(18)14(19)8-12/h3-9,17-19H,1-2H3. The molecule has 22 heavy (non-hydrogen) atoms. The number of hydrogen-bond donors (Lipinski definition) is 3. The van der Waals surface area contributed by atoms with E-state index < -0.39 is 10.0 Å². The smallest absolute Gasteiger partial charge is 0.276 e. The molecule has 0 amide bonds. The Labute approximate surface area is 128 Å². The predicted octanol–water partition coefficient (Wildman–Crippen LogP) is 2.03. The van der Waals surface area contributed by atoms with Crippen molar-refractivity contribution in [3.8, 4) is 11.5 Å². The van der Waals surface area contributed by atoms with Gasteiger partial charge in [0.2, 0.25) is 0 Å². The number of benzene rings is 2. The first-order valence-electron chi connectivity index (χ1n) is 6.44. The largest absolute Gasteiger partial charge is 0.504 e. The van der Waals surface area contributed by atoms with Crippen LogP contribution in [0, 0.1) is 13.8 Å². The van der Waals surface area contributed by atoms with Gasteiger partial charge in [-0.25, -0.2) is 4.83 Å². The summed E-state index contributed by atoms with van der Waals surface area (Å²) in [6, 6.07) is 9.05. The van der Waals surface area contributed by atoms with E-state index in [1.807, 2.05) is 6.92 Å². The van der Waals surface area contributed by atoms with Crippen LogP contribution in [0.4, 0.5) is 0 Å². The third-order valence-electron chi connectivity index (χ3n) is 3.01. The fraction of sp³-hybridized carbons (Fsp3) is 0.133. The summed E-state index contributed by atoms with van der Waals surface area (Å²) in [5.74, 6) is -0.561. The molecular weight excluding hydrogens is 304 g/mol. The highest BCUT2D eigenvalue weighted by Gasteiger charge is 2.15. The molecule has 0 aromatic heterocycles. The molecule has 0 atom stereocenters. The van der Waals surface area contributed by atoms with E-state index in [-0.39, 0.29) is 16.4 Å². The van der Waals surface area contributed by atoms with E-state index in [2.05, 4.69) is 9.93 Å². The van der Waals surface area contributed by atoms with Crippen molar-refractivity contribution in [3.05, 3.63) is 53.1 Å². The lowest BCUT2D eigenvalue weighted by Crippen LogP contribution is -2.19. The van der Waals surface area contributed by atoms with E-state index in [1.54, 1.807) is 19.1 Å². The minimum atomic E-state index is -3.76. The molecule has 0 aliphatic heterocycles. The van der Waals surface area contributed by atoms with E-state index in [0.29, 0.717) is 11.1 Å². The molecule has 2 rings (SSSR count). The van der Waals surface area contributed by atoms with Gasteiger partial charge in [0.25, 0.3) is 10.0 Å². The van der Waals surface area contributed by atoms with Crippen LogP contribution in [0.1, 0.15) is 16.7 Å². The monoisotopic (exact) mass is 320 g/mol. The molecule has 0 unspecified atom stereocenters. The van der Waals surface area contributed by atoms with E-state index >= 15 is 0 Å². The van der Waals surface area contributed by atoms with Gasteiger partial charge in [-0.2, -0.15) is 13.5 Å². The lowest BCUT2D eigenvalue weighted by molar-refractivity contribution is 0.403. The molecule has 0 bridgehead atoms. The average Bonchev–Trinajstić information content (AvgIpc) is 2.42. The summed E-state index contributed by atoms with van der Waals surface area (Å²) in [5.41, 5.74) is 2.04. The third-order valence-corrected chi connectivity index (χ3v) is 4.39. The zero-order chi connectivity index (χ0) is 16.3. The lowest BCUT2D eigenvalue weighted by atomic mass is 10.2. The van der Waals surface area contributed by atoms with Gasteiger partial charge in [-0.1, -0.05) is 17.7 Å². The Morgan fingerprint density at radius 3 is 2.41 bits per heavy atom. The van der Waals surface area contributed by atoms with E-state index in [1.165, 1.54) is 30.5 Å². The predicted molar refractivity (Wildman–Crippen MR) is 83.6 cm³/mol. The van der Waals surface area contributed by atoms with E-state index in [0.717, 1.165) is 5.56 Å². The second kappa shape index (κ2) is 6.07. The van der Waals surface area contributed by atoms with Crippen LogP contribution in [0.15, 0.2) is 46.4 Å². The summed E-state index contributed by atoms with van der Waals surface area (Å²) in [5, 5.41) is 22.2. The van der Waals surface area contributed by atoms with Crippen molar-refractivity contribution < 1.29 is 18.6 Å². The van der Waals surface area contributed by atoms with Gasteiger partial charge in [0.05, 0.1) is 11.1 Å². The number of hydrogen-bond acceptors (Lipinski definition) is 5. The van der Waals surface area contributed by atoms with Gasteiger partial charge in [-0.05, 0) is 49.2 Å². The maximum Gasteiger partial charge on any atom is 0.276 e. The Kier molecular flexibility index (Phi) is 4.37. The minimum absolute atomic E-state index is 0.156. The molecule has 0 fully saturated rings. The summed E-state index contributed by atoms with van der Waals surface area (Å²) in [7, 11) is -3.76. The maximum atomic E-state index is 12.2. The molecule has 0 aliphatic rings. The average molecular weight is 320 g/mol. The molecule has 116 valence electrons. The normalized spacial score (nSPS) is 11.7. The summed E-state index contributed by atoms with van der Waals surface area (Å²) in [4.78, 5) is 2.27. The van der Waals surface area contributed by atoms with Crippen molar-refractivity contribution in [1.29, 1.82) is 0 Å². The second-order valence-corrected chi connectivity index (χ2v) is 6.50. The molecule has 0 spiro atoms. The highest BCUT2D eigenvalue weighted by atomic mass is 32.2. The molecule has 0 saturated heterocycles. The van der Waals surface area contributed by atoms with Crippen molar-refractivity contribution in [3.63, 3.8) is 0 Å². The Bertz CT molecular complexity index is 829. The van der Waals surface area contributed by atoms with Gasteiger partial charge in [-0.3, -0.25) is 0 Å². The van der Waals surface area contributed by atoms with Crippen LogP contribution in [-0.2, 0) is 10.0 Å². The number of aromatic hydroxyl groups is 2. The van der Waals surface area contributed by atoms with Crippen molar-refractivity contribution in [2.45, 2.75) is 18.7 Å². The van der Waals surface area contributed by atoms with Gasteiger partial charge in [0.15, 0.2) is 11.5 Å². The minimum Gasteiger partial charge on any atom is -0.504 e. The molecule has 0 radical (unpaired) electrons. The molecule has 0 aliphatic carbocycles. The number of rotatable bonds is 4. The fourth-order valence-electron chi connectivity index (χ4n) is 1.94. The van der Waals surface area contributed by atoms with Crippen LogP contribution >= 0.6 is 0 Å². The molecule has 6 nitrogen and oxygen atoms in total. The SMILES string of the molecule is Cc1ccc(S(=O)(=O)NN=Cc2ccc(O)c(O)c2)c(C)c1. The zero-order valence-corrected chi connectivity index (χ0v) is 12.9. The lowest BCUT2D eigenvalue weighted by Gasteiger charge is -2.07. The van der Waals surface area contributed by atoms with Crippen molar-refractivity contribution >= 4 is 16.2 Å². The van der Waals surface area contributed by atoms with E-state index in [9.17, 15) is 18.6 Å². The molecule has 2 aromatic carbocycles. The van der Waals surface area contributed by atoms with Crippen LogP contribution in [0.2, 0.25) is 0 Å². The zero-order valence-electron chi connectivity index (χ0n) is 12.1. The first-order valence-corrected chi connectivity index (χ1v) is 7.92. The number of nitrogens with one attached hydrogen (secondary N) is 1. The molecule has 2 aromatic rings. The van der Waals surface area contributed by atoms with Gasteiger partial charge in [-0.15, -0.1) is 0 Å². The maximum absolute atomic E-state index is 12.2. The van der Waals surface area contributed by atoms with E-state index in [4.69, 9.17) is 0 Å². The molecule has 0 heterocycles. The quantitative estimate of drug-likeness (QED) is 0.456. The number of sulfonamides is 1. The number of aryl methyl sites for hydroxylation is 2. The Balaban J connectivity index is 2.18. The molecular formula is C15H16N2O4S. The second-order valence-electron chi connectivity index (χ2n) is 4.87. The number of hydrazone groups is 1. The van der Waals surface area contributed by atoms with Crippen molar-refractivity contribution in [2.75, 3.05) is 0 Å². The summed E-state index contributed by atoms with van der Waals surface area (Å²) in [6.07, 6.45) is 1.24. The van der Waals surface area contributed by atoms with Crippen molar-refractivity contribution in [2.24, 2.45) is 5.10 Å². The highest BCUT2D eigenvalue weighted by molar-refractivity contribution is 7.89. The van der Waals surface area contributed by atoms with Gasteiger partial charge in [0.1, 0.15) is 0 Å². The third kappa shape index (κ3) is 3.56. The van der Waals surface area contributed by atoms with Crippen LogP contribution in [-0.4, -0.2) is 24.8 Å². The topological polar surface area (TPSA) is 99.0 Å². The van der Waals surface area contributed by atoms with Crippen LogP contribution in [0.25, 0.3) is 0 Å². The number of phenolic OH excluding ortho intramolecular Hbond substituents is 2. The first kappa shape index (κ1) is 15.8. The molecule has 7 heteroatoms. The summed E-state index contributed by atoms with van der Waals surface area (Å²) < 4.78 is 24.3. The van der Waals surface area contributed by atoms with Gasteiger partial charge < -0.3 is 10.2 Å². The first-order chi connectivity index (χ1) is 10.3. The molecule has 3 N–H and O–H groups in total. The summed E-state index contributed by atoms with van der Waals surface area (Å²) in [6.45, 7) is 3.59. The van der Waals surface area contributed by atoms with Crippen LogP contribution < -0.4 is 4.83 Å². The van der Waals surface area contributed by atoms with Crippen molar-refractivity contribution in [1.82, 2.24) is 4.83 Å². The highest BCUT2D eigenvalue weighted by Crippen LogP contribution is 2.24. The number of nitrogens with zero attached hydrogens (tertiary/aromatic N) is 1. The van der Waals surface area contributed by atoms with Crippen LogP contribution in [0.5, 0.6) is 11.5 Å². The van der Waals surface area contributed by atoms with Gasteiger partial charge >= 0.3 is 0 Å².